The Labute approximate surface area is 139 Å². The Kier molecular flexibility index (Phi) is 7.05. The molecule has 8 heteroatoms. The van der Waals surface area contributed by atoms with Crippen molar-refractivity contribution in [2.45, 2.75) is 33.7 Å². The lowest BCUT2D eigenvalue weighted by atomic mass is 9.90. The molecular weight excluding hydrogens is 314 g/mol. The summed E-state index contributed by atoms with van der Waals surface area (Å²) in [6.45, 7) is 8.07. The van der Waals surface area contributed by atoms with Crippen molar-refractivity contribution in [3.63, 3.8) is 0 Å². The number of aryl methyl sites for hydroxylation is 1. The zero-order chi connectivity index (χ0) is 17.5. The third-order valence-electron chi connectivity index (χ3n) is 3.55. The molecule has 0 radical (unpaired) electrons. The number of aliphatic imine (C=N–C) groups is 1. The molecule has 0 fully saturated rings. The van der Waals surface area contributed by atoms with Crippen molar-refractivity contribution < 1.29 is 8.42 Å². The Morgan fingerprint density at radius 2 is 2.09 bits per heavy atom. The highest BCUT2D eigenvalue weighted by Crippen LogP contribution is 2.19. The highest BCUT2D eigenvalue weighted by Gasteiger charge is 2.20. The molecule has 1 aromatic rings. The van der Waals surface area contributed by atoms with Crippen LogP contribution in [0.4, 0.5) is 0 Å². The highest BCUT2D eigenvalue weighted by molar-refractivity contribution is 7.90. The van der Waals surface area contributed by atoms with E-state index in [4.69, 9.17) is 0 Å². The second-order valence-corrected chi connectivity index (χ2v) is 8.80. The lowest BCUT2D eigenvalue weighted by molar-refractivity contribution is 0.348. The van der Waals surface area contributed by atoms with E-state index in [1.54, 1.807) is 10.9 Å². The van der Waals surface area contributed by atoms with E-state index in [-0.39, 0.29) is 11.2 Å². The highest BCUT2D eigenvalue weighted by atomic mass is 32.2. The molecule has 132 valence electrons. The van der Waals surface area contributed by atoms with E-state index in [1.165, 1.54) is 6.26 Å². The molecule has 0 unspecified atom stereocenters. The van der Waals surface area contributed by atoms with Gasteiger partial charge in [-0.1, -0.05) is 13.8 Å². The largest absolute Gasteiger partial charge is 0.357 e. The van der Waals surface area contributed by atoms with Crippen LogP contribution >= 0.6 is 0 Å². The van der Waals surface area contributed by atoms with E-state index >= 15 is 0 Å². The molecule has 7 nitrogen and oxygen atoms in total. The summed E-state index contributed by atoms with van der Waals surface area (Å²) in [6, 6.07) is 1.93. The van der Waals surface area contributed by atoms with Gasteiger partial charge in [0.15, 0.2) is 5.96 Å². The van der Waals surface area contributed by atoms with Crippen LogP contribution in [0.25, 0.3) is 0 Å². The molecule has 0 spiro atoms. The zero-order valence-electron chi connectivity index (χ0n) is 14.8. The van der Waals surface area contributed by atoms with E-state index in [9.17, 15) is 8.42 Å². The monoisotopic (exact) mass is 343 g/mol. The van der Waals surface area contributed by atoms with Crippen LogP contribution in [0, 0.1) is 5.41 Å². The number of guanidine groups is 1. The third-order valence-corrected chi connectivity index (χ3v) is 4.50. The average Bonchev–Trinajstić information content (AvgIpc) is 2.85. The number of aromatic nitrogens is 2. The normalized spacial score (nSPS) is 13.2. The molecule has 1 rings (SSSR count). The van der Waals surface area contributed by atoms with E-state index in [1.807, 2.05) is 20.0 Å². The van der Waals surface area contributed by atoms with Crippen LogP contribution < -0.4 is 10.6 Å². The van der Waals surface area contributed by atoms with Crippen LogP contribution in [0.1, 0.15) is 32.9 Å². The van der Waals surface area contributed by atoms with Gasteiger partial charge in [-0.05, 0) is 24.8 Å². The molecule has 1 heterocycles. The SMILES string of the molecule is CCNC(=NCc1ccnn1C)NCC(C)(C)CCS(C)(=O)=O. The summed E-state index contributed by atoms with van der Waals surface area (Å²) in [5.74, 6) is 0.922. The molecule has 2 N–H and O–H groups in total. The summed E-state index contributed by atoms with van der Waals surface area (Å²) in [4.78, 5) is 4.54. The van der Waals surface area contributed by atoms with Crippen molar-refractivity contribution in [3.8, 4) is 0 Å². The fourth-order valence-corrected chi connectivity index (χ4v) is 2.85. The fourth-order valence-electron chi connectivity index (χ4n) is 1.93. The predicted molar refractivity (Wildman–Crippen MR) is 94.1 cm³/mol. The topological polar surface area (TPSA) is 88.4 Å². The second-order valence-electron chi connectivity index (χ2n) is 6.54. The van der Waals surface area contributed by atoms with Gasteiger partial charge in [0.05, 0.1) is 18.0 Å². The zero-order valence-corrected chi connectivity index (χ0v) is 15.6. The Hall–Kier alpha value is -1.57. The first kappa shape index (κ1) is 19.5. The molecule has 0 aliphatic rings. The van der Waals surface area contributed by atoms with Gasteiger partial charge in [-0.3, -0.25) is 4.68 Å². The maximum absolute atomic E-state index is 11.3. The first-order valence-electron chi connectivity index (χ1n) is 7.80. The Bertz CT molecular complexity index is 620. The summed E-state index contributed by atoms with van der Waals surface area (Å²) >= 11 is 0. The molecule has 0 saturated heterocycles. The van der Waals surface area contributed by atoms with Crippen LogP contribution in [0.3, 0.4) is 0 Å². The number of nitrogens with one attached hydrogen (secondary N) is 2. The van der Waals surface area contributed by atoms with Crippen molar-refractivity contribution in [1.82, 2.24) is 20.4 Å². The third kappa shape index (κ3) is 8.01. The van der Waals surface area contributed by atoms with Gasteiger partial charge in [0.1, 0.15) is 9.84 Å². The Morgan fingerprint density at radius 1 is 1.39 bits per heavy atom. The number of rotatable bonds is 8. The molecular formula is C15H29N5O2S. The lowest BCUT2D eigenvalue weighted by Gasteiger charge is -2.25. The summed E-state index contributed by atoms with van der Waals surface area (Å²) in [6.07, 6.45) is 3.63. The number of hydrogen-bond acceptors (Lipinski definition) is 4. The van der Waals surface area contributed by atoms with E-state index in [2.05, 4.69) is 34.6 Å². The van der Waals surface area contributed by atoms with Crippen molar-refractivity contribution in [1.29, 1.82) is 0 Å². The van der Waals surface area contributed by atoms with Crippen LogP contribution in [-0.2, 0) is 23.4 Å². The fraction of sp³-hybridized carbons (Fsp3) is 0.733. The van der Waals surface area contributed by atoms with Gasteiger partial charge >= 0.3 is 0 Å². The minimum atomic E-state index is -2.93. The standard InChI is InChI=1S/C15H29N5O2S/c1-6-16-14(17-11-13-7-9-19-20(13)4)18-12-15(2,3)8-10-23(5,21)22/h7,9H,6,8,10-12H2,1-5H3,(H2,16,17,18). The summed E-state index contributed by atoms with van der Waals surface area (Å²) < 4.78 is 24.4. The molecule has 0 aliphatic carbocycles. The maximum atomic E-state index is 11.3. The summed E-state index contributed by atoms with van der Waals surface area (Å²) in [5.41, 5.74) is 0.893. The van der Waals surface area contributed by atoms with Crippen LogP contribution in [-0.4, -0.2) is 49.3 Å². The molecule has 0 aliphatic heterocycles. The molecule has 23 heavy (non-hydrogen) atoms. The van der Waals surface area contributed by atoms with Crippen molar-refractivity contribution in [2.75, 3.05) is 25.1 Å². The van der Waals surface area contributed by atoms with Crippen molar-refractivity contribution >= 4 is 15.8 Å². The first-order valence-corrected chi connectivity index (χ1v) is 9.86. The maximum Gasteiger partial charge on any atom is 0.191 e. The van der Waals surface area contributed by atoms with E-state index in [0.717, 1.165) is 18.2 Å². The van der Waals surface area contributed by atoms with Gasteiger partial charge in [0, 0.05) is 32.6 Å². The van der Waals surface area contributed by atoms with Gasteiger partial charge in [-0.15, -0.1) is 0 Å². The summed E-state index contributed by atoms with van der Waals surface area (Å²) in [5, 5.41) is 10.6. The number of hydrogen-bond donors (Lipinski definition) is 2. The van der Waals surface area contributed by atoms with Gasteiger partial charge in [-0.25, -0.2) is 13.4 Å². The molecule has 0 amide bonds. The van der Waals surface area contributed by atoms with Gasteiger partial charge in [0.2, 0.25) is 0 Å². The van der Waals surface area contributed by atoms with Crippen LogP contribution in [0.2, 0.25) is 0 Å². The second kappa shape index (κ2) is 8.33. The quantitative estimate of drug-likeness (QED) is 0.542. The lowest BCUT2D eigenvalue weighted by Crippen LogP contribution is -2.42. The molecule has 0 atom stereocenters. The molecule has 0 saturated carbocycles. The Morgan fingerprint density at radius 3 is 2.61 bits per heavy atom. The van der Waals surface area contributed by atoms with Crippen molar-refractivity contribution in [3.05, 3.63) is 18.0 Å². The van der Waals surface area contributed by atoms with Crippen LogP contribution in [0.5, 0.6) is 0 Å². The van der Waals surface area contributed by atoms with Crippen LogP contribution in [0.15, 0.2) is 17.3 Å². The van der Waals surface area contributed by atoms with E-state index in [0.29, 0.717) is 19.5 Å². The predicted octanol–water partition coefficient (Wildman–Crippen LogP) is 0.936. The molecule has 0 bridgehead atoms. The van der Waals surface area contributed by atoms with Gasteiger partial charge in [0.25, 0.3) is 0 Å². The van der Waals surface area contributed by atoms with Gasteiger partial charge in [-0.2, -0.15) is 5.10 Å². The smallest absolute Gasteiger partial charge is 0.191 e. The Balaban J connectivity index is 2.59. The minimum absolute atomic E-state index is 0.133. The van der Waals surface area contributed by atoms with Crippen molar-refractivity contribution in [2.24, 2.45) is 17.5 Å². The van der Waals surface area contributed by atoms with Gasteiger partial charge < -0.3 is 10.6 Å². The molecule has 0 aromatic carbocycles. The number of sulfone groups is 1. The average molecular weight is 343 g/mol. The summed E-state index contributed by atoms with van der Waals surface area (Å²) in [7, 11) is -1.05. The first-order chi connectivity index (χ1) is 10.6. The molecule has 1 aromatic heterocycles. The minimum Gasteiger partial charge on any atom is -0.357 e. The number of nitrogens with zero attached hydrogens (tertiary/aromatic N) is 3. The van der Waals surface area contributed by atoms with E-state index < -0.39 is 9.84 Å².